The second-order valence-corrected chi connectivity index (χ2v) is 5.35. The minimum absolute atomic E-state index is 0.259. The average Bonchev–Trinajstić information content (AvgIpc) is 3.11. The third-order valence-electron chi connectivity index (χ3n) is 3.37. The van der Waals surface area contributed by atoms with Crippen molar-refractivity contribution in [3.8, 4) is 11.8 Å². The van der Waals surface area contributed by atoms with Crippen molar-refractivity contribution >= 4 is 5.97 Å². The van der Waals surface area contributed by atoms with Gasteiger partial charge in [-0.05, 0) is 56.9 Å². The Kier molecular flexibility index (Phi) is 7.75. The maximum absolute atomic E-state index is 10.3. The van der Waals surface area contributed by atoms with Gasteiger partial charge in [-0.2, -0.15) is 0 Å². The lowest BCUT2D eigenvalue weighted by Gasteiger charge is -1.93. The average molecular weight is 276 g/mol. The first-order valence-electron chi connectivity index (χ1n) is 7.30. The Morgan fingerprint density at radius 1 is 1.30 bits per heavy atom. The summed E-state index contributed by atoms with van der Waals surface area (Å²) >= 11 is 0. The molecular weight excluding hydrogens is 252 g/mol. The fourth-order valence-electron chi connectivity index (χ4n) is 2.12. The molecule has 0 heterocycles. The molecule has 1 aliphatic rings. The predicted octanol–water partition coefficient (Wildman–Crippen LogP) is 3.15. The van der Waals surface area contributed by atoms with E-state index in [1.165, 1.54) is 6.42 Å². The minimum Gasteiger partial charge on any atom is -0.481 e. The smallest absolute Gasteiger partial charge is 0.303 e. The van der Waals surface area contributed by atoms with Crippen LogP contribution in [-0.4, -0.2) is 22.3 Å². The van der Waals surface area contributed by atoms with Gasteiger partial charge in [0.05, 0.1) is 0 Å². The number of aliphatic hydroxyl groups excluding tert-OH is 1. The van der Waals surface area contributed by atoms with Crippen LogP contribution in [0.15, 0.2) is 24.3 Å². The lowest BCUT2D eigenvalue weighted by atomic mass is 10.1. The number of aliphatic hydroxyl groups is 1. The molecule has 3 heteroatoms. The highest BCUT2D eigenvalue weighted by atomic mass is 16.4. The molecule has 3 atom stereocenters. The molecule has 0 radical (unpaired) electrons. The summed E-state index contributed by atoms with van der Waals surface area (Å²) in [6.45, 7) is 1.65. The van der Waals surface area contributed by atoms with Crippen molar-refractivity contribution < 1.29 is 15.0 Å². The van der Waals surface area contributed by atoms with Gasteiger partial charge in [0.15, 0.2) is 0 Å². The molecule has 2 N–H and O–H groups in total. The molecule has 3 unspecified atom stereocenters. The summed E-state index contributed by atoms with van der Waals surface area (Å²) in [6, 6.07) is 0. The molecule has 3 nitrogen and oxygen atoms in total. The fourth-order valence-corrected chi connectivity index (χ4v) is 2.12. The number of carboxylic acids is 1. The van der Waals surface area contributed by atoms with Crippen molar-refractivity contribution in [3.63, 3.8) is 0 Å². The van der Waals surface area contributed by atoms with Crippen molar-refractivity contribution in [3.05, 3.63) is 24.3 Å². The van der Waals surface area contributed by atoms with Crippen LogP contribution in [0.2, 0.25) is 0 Å². The molecule has 20 heavy (non-hydrogen) atoms. The van der Waals surface area contributed by atoms with Crippen molar-refractivity contribution in [2.24, 2.45) is 11.8 Å². The first-order chi connectivity index (χ1) is 9.59. The summed E-state index contributed by atoms with van der Waals surface area (Å²) in [5, 5.41) is 17.5. The van der Waals surface area contributed by atoms with Crippen LogP contribution in [0.3, 0.4) is 0 Å². The summed E-state index contributed by atoms with van der Waals surface area (Å²) in [7, 11) is 0. The molecule has 0 bridgehead atoms. The van der Waals surface area contributed by atoms with Crippen LogP contribution in [0.5, 0.6) is 0 Å². The van der Waals surface area contributed by atoms with Gasteiger partial charge in [-0.15, -0.1) is 0 Å². The maximum Gasteiger partial charge on any atom is 0.303 e. The Morgan fingerprint density at radius 3 is 2.65 bits per heavy atom. The summed E-state index contributed by atoms with van der Waals surface area (Å²) in [5.74, 6) is 6.32. The molecule has 0 aromatic carbocycles. The quantitative estimate of drug-likeness (QED) is 0.407. The van der Waals surface area contributed by atoms with E-state index < -0.39 is 12.1 Å². The molecule has 110 valence electrons. The van der Waals surface area contributed by atoms with E-state index in [1.807, 2.05) is 6.08 Å². The molecule has 0 aromatic heterocycles. The van der Waals surface area contributed by atoms with Gasteiger partial charge >= 0.3 is 5.97 Å². The number of hydrogen-bond donors (Lipinski definition) is 2. The molecule has 1 fully saturated rings. The number of carboxylic acid groups (broad SMARTS) is 1. The van der Waals surface area contributed by atoms with E-state index in [0.717, 1.165) is 37.5 Å². The Bertz CT molecular complexity index is 410. The fraction of sp³-hybridized carbons (Fsp3) is 0.588. The van der Waals surface area contributed by atoms with Crippen molar-refractivity contribution in [2.45, 2.75) is 51.6 Å². The highest BCUT2D eigenvalue weighted by Crippen LogP contribution is 2.44. The van der Waals surface area contributed by atoms with Crippen molar-refractivity contribution in [1.82, 2.24) is 0 Å². The SMILES string of the molecule is CC(O)C#C/C=C/CC1CC1C/C=C/CCCC(=O)O. The topological polar surface area (TPSA) is 57.5 Å². The summed E-state index contributed by atoms with van der Waals surface area (Å²) < 4.78 is 0. The summed E-state index contributed by atoms with van der Waals surface area (Å²) in [4.78, 5) is 10.3. The molecule has 1 rings (SSSR count). The van der Waals surface area contributed by atoms with Crippen LogP contribution < -0.4 is 0 Å². The van der Waals surface area contributed by atoms with Gasteiger partial charge in [0.1, 0.15) is 6.10 Å². The minimum atomic E-state index is -0.717. The first kappa shape index (κ1) is 16.5. The number of rotatable bonds is 8. The van der Waals surface area contributed by atoms with Crippen LogP contribution in [0.4, 0.5) is 0 Å². The number of carbonyl (C=O) groups is 1. The van der Waals surface area contributed by atoms with Gasteiger partial charge in [0.25, 0.3) is 0 Å². The summed E-state index contributed by atoms with van der Waals surface area (Å²) in [6.07, 6.45) is 12.9. The molecule has 1 saturated carbocycles. The Hall–Kier alpha value is -1.53. The van der Waals surface area contributed by atoms with Gasteiger partial charge in [-0.25, -0.2) is 0 Å². The highest BCUT2D eigenvalue weighted by molar-refractivity contribution is 5.66. The van der Waals surface area contributed by atoms with Gasteiger partial charge < -0.3 is 10.2 Å². The van der Waals surface area contributed by atoms with Crippen LogP contribution in [0, 0.1) is 23.7 Å². The Labute approximate surface area is 121 Å². The van der Waals surface area contributed by atoms with E-state index in [-0.39, 0.29) is 6.42 Å². The van der Waals surface area contributed by atoms with Crippen LogP contribution in [0.1, 0.15) is 45.4 Å². The Balaban J connectivity index is 2.02. The molecule has 0 aliphatic heterocycles. The number of unbranched alkanes of at least 4 members (excludes halogenated alkanes) is 1. The third-order valence-corrected chi connectivity index (χ3v) is 3.37. The lowest BCUT2D eigenvalue weighted by Crippen LogP contribution is -1.92. The van der Waals surface area contributed by atoms with E-state index >= 15 is 0 Å². The van der Waals surface area contributed by atoms with Crippen molar-refractivity contribution in [2.75, 3.05) is 0 Å². The Morgan fingerprint density at radius 2 is 2.00 bits per heavy atom. The largest absolute Gasteiger partial charge is 0.481 e. The lowest BCUT2D eigenvalue weighted by molar-refractivity contribution is -0.137. The van der Waals surface area contributed by atoms with E-state index in [1.54, 1.807) is 6.92 Å². The zero-order valence-corrected chi connectivity index (χ0v) is 12.1. The molecule has 1 aliphatic carbocycles. The monoisotopic (exact) mass is 276 g/mol. The van der Waals surface area contributed by atoms with Crippen LogP contribution in [-0.2, 0) is 4.79 Å². The molecule has 0 saturated heterocycles. The first-order valence-corrected chi connectivity index (χ1v) is 7.30. The van der Waals surface area contributed by atoms with E-state index in [9.17, 15) is 4.79 Å². The maximum atomic E-state index is 10.3. The summed E-state index contributed by atoms with van der Waals surface area (Å²) in [5.41, 5.74) is 0. The highest BCUT2D eigenvalue weighted by Gasteiger charge is 2.34. The van der Waals surface area contributed by atoms with E-state index in [2.05, 4.69) is 30.1 Å². The predicted molar refractivity (Wildman–Crippen MR) is 80.1 cm³/mol. The van der Waals surface area contributed by atoms with Crippen LogP contribution >= 0.6 is 0 Å². The van der Waals surface area contributed by atoms with Crippen LogP contribution in [0.25, 0.3) is 0 Å². The molecular formula is C17H24O3. The molecule has 0 amide bonds. The standard InChI is InChI=1S/C17H24O3/c1-14(18)9-5-4-7-11-16-13-15(16)10-6-2-3-8-12-17(19)20/h2,4,6-7,14-16,18H,3,8,10-13H2,1H3,(H,19,20)/b6-2+,7-4+. The molecule has 0 aromatic rings. The van der Waals surface area contributed by atoms with Gasteiger partial charge in [-0.1, -0.05) is 30.1 Å². The third kappa shape index (κ3) is 8.55. The van der Waals surface area contributed by atoms with Gasteiger partial charge in [0.2, 0.25) is 0 Å². The normalized spacial score (nSPS) is 22.7. The van der Waals surface area contributed by atoms with Gasteiger partial charge in [0, 0.05) is 6.42 Å². The zero-order valence-electron chi connectivity index (χ0n) is 12.1. The molecule has 0 spiro atoms. The zero-order chi connectivity index (χ0) is 14.8. The number of allylic oxidation sites excluding steroid dienone is 4. The van der Waals surface area contributed by atoms with E-state index in [0.29, 0.717) is 0 Å². The second kappa shape index (κ2) is 9.39. The number of aliphatic carboxylic acids is 1. The van der Waals surface area contributed by atoms with Gasteiger partial charge in [-0.3, -0.25) is 4.79 Å². The number of hydrogen-bond acceptors (Lipinski definition) is 2. The second-order valence-electron chi connectivity index (χ2n) is 5.35. The van der Waals surface area contributed by atoms with E-state index in [4.69, 9.17) is 10.2 Å². The van der Waals surface area contributed by atoms with Crippen molar-refractivity contribution in [1.29, 1.82) is 0 Å².